The largest absolute Gasteiger partial charge is 0.0796 e. The summed E-state index contributed by atoms with van der Waals surface area (Å²) in [5.74, 6) is 2.58. The fourth-order valence-corrected chi connectivity index (χ4v) is 5.80. The smallest absolute Gasteiger partial charge is 0.0136 e. The molecule has 0 spiro atoms. The molecule has 114 valence electrons. The predicted molar refractivity (Wildman–Crippen MR) is 90.0 cm³/mol. The van der Waals surface area contributed by atoms with Gasteiger partial charge in [0.15, 0.2) is 0 Å². The lowest BCUT2D eigenvalue weighted by Gasteiger charge is -2.50. The zero-order valence-corrected chi connectivity index (χ0v) is 14.2. The predicted octanol–water partition coefficient (Wildman–Crippen LogP) is 6.06. The highest BCUT2D eigenvalue weighted by molar-refractivity contribution is 5.53. The molecule has 0 saturated heterocycles. The number of hydrogen-bond acceptors (Lipinski definition) is 0. The van der Waals surface area contributed by atoms with Gasteiger partial charge in [-0.1, -0.05) is 51.5 Å². The third-order valence-electron chi connectivity index (χ3n) is 7.72. The highest BCUT2D eigenvalue weighted by Gasteiger charge is 2.51. The molecule has 0 bridgehead atoms. The summed E-state index contributed by atoms with van der Waals surface area (Å²) in [6.45, 7) is 9.98. The molecule has 4 aliphatic rings. The average molecular weight is 282 g/mol. The summed E-state index contributed by atoms with van der Waals surface area (Å²) >= 11 is 0. The van der Waals surface area contributed by atoms with Crippen molar-refractivity contribution in [2.45, 2.75) is 66.2 Å². The van der Waals surface area contributed by atoms with E-state index in [4.69, 9.17) is 0 Å². The van der Waals surface area contributed by atoms with Crippen molar-refractivity contribution in [2.75, 3.05) is 0 Å². The van der Waals surface area contributed by atoms with Crippen LogP contribution in [0.4, 0.5) is 0 Å². The van der Waals surface area contributed by atoms with E-state index in [1.807, 2.05) is 0 Å². The van der Waals surface area contributed by atoms with Gasteiger partial charge in [0.25, 0.3) is 0 Å². The van der Waals surface area contributed by atoms with Gasteiger partial charge in [-0.2, -0.15) is 0 Å². The molecule has 0 N–H and O–H groups in total. The Balaban J connectivity index is 1.80. The van der Waals surface area contributed by atoms with Gasteiger partial charge in [-0.15, -0.1) is 0 Å². The van der Waals surface area contributed by atoms with Crippen molar-refractivity contribution in [3.8, 4) is 0 Å². The standard InChI is InChI=1S/C21H30/c1-14-9-11-21(4)16(13-14)6-7-17-18-8-5-15(2)20(18,3)12-10-19(17)21/h6-7,10,14-15,18H,5,8-9,11-13H2,1-4H3. The summed E-state index contributed by atoms with van der Waals surface area (Å²) in [5.41, 5.74) is 6.05. The molecule has 0 aliphatic heterocycles. The van der Waals surface area contributed by atoms with Crippen LogP contribution in [0.3, 0.4) is 0 Å². The van der Waals surface area contributed by atoms with Gasteiger partial charge in [-0.3, -0.25) is 0 Å². The van der Waals surface area contributed by atoms with Crippen LogP contribution in [0.5, 0.6) is 0 Å². The van der Waals surface area contributed by atoms with Gasteiger partial charge in [0.05, 0.1) is 0 Å². The number of hydrogen-bond donors (Lipinski definition) is 0. The van der Waals surface area contributed by atoms with Gasteiger partial charge >= 0.3 is 0 Å². The zero-order chi connectivity index (χ0) is 14.8. The molecule has 0 heterocycles. The second kappa shape index (κ2) is 4.37. The second-order valence-electron chi connectivity index (χ2n) is 8.85. The lowest BCUT2D eigenvalue weighted by atomic mass is 9.54. The van der Waals surface area contributed by atoms with E-state index < -0.39 is 0 Å². The van der Waals surface area contributed by atoms with Crippen molar-refractivity contribution < 1.29 is 0 Å². The molecular formula is C21H30. The molecule has 4 aliphatic carbocycles. The Morgan fingerprint density at radius 3 is 2.67 bits per heavy atom. The number of allylic oxidation sites excluding steroid dienone is 6. The maximum atomic E-state index is 2.65. The minimum Gasteiger partial charge on any atom is -0.0796 e. The SMILES string of the molecule is CC1CCC2(C)C(=CC=C3C2=CCC2(C)C(C)CCC32)C1. The molecule has 5 unspecified atom stereocenters. The third kappa shape index (κ3) is 1.74. The molecule has 0 aromatic carbocycles. The first-order valence-corrected chi connectivity index (χ1v) is 9.07. The van der Waals surface area contributed by atoms with Gasteiger partial charge in [-0.05, 0) is 72.8 Å². The first-order chi connectivity index (χ1) is 9.95. The Bertz CT molecular complexity index is 561. The van der Waals surface area contributed by atoms with Crippen molar-refractivity contribution in [1.82, 2.24) is 0 Å². The summed E-state index contributed by atoms with van der Waals surface area (Å²) < 4.78 is 0. The summed E-state index contributed by atoms with van der Waals surface area (Å²) in [6.07, 6.45) is 15.9. The Morgan fingerprint density at radius 1 is 1.05 bits per heavy atom. The maximum absolute atomic E-state index is 2.65. The van der Waals surface area contributed by atoms with Gasteiger partial charge in [0.1, 0.15) is 0 Å². The first-order valence-electron chi connectivity index (χ1n) is 9.07. The zero-order valence-electron chi connectivity index (χ0n) is 14.2. The van der Waals surface area contributed by atoms with E-state index in [2.05, 4.69) is 45.9 Å². The third-order valence-corrected chi connectivity index (χ3v) is 7.72. The molecule has 2 fully saturated rings. The van der Waals surface area contributed by atoms with Crippen LogP contribution >= 0.6 is 0 Å². The first kappa shape index (κ1) is 13.9. The van der Waals surface area contributed by atoms with Gasteiger partial charge in [0, 0.05) is 5.41 Å². The molecule has 5 atom stereocenters. The molecule has 4 rings (SSSR count). The number of rotatable bonds is 0. The molecule has 0 radical (unpaired) electrons. The topological polar surface area (TPSA) is 0 Å². The van der Waals surface area contributed by atoms with Crippen LogP contribution in [0.1, 0.15) is 66.2 Å². The second-order valence-corrected chi connectivity index (χ2v) is 8.85. The van der Waals surface area contributed by atoms with Crippen molar-refractivity contribution in [3.05, 3.63) is 34.9 Å². The monoisotopic (exact) mass is 282 g/mol. The Kier molecular flexibility index (Phi) is 2.88. The molecule has 0 nitrogen and oxygen atoms in total. The Morgan fingerprint density at radius 2 is 1.86 bits per heavy atom. The van der Waals surface area contributed by atoms with Crippen LogP contribution in [-0.2, 0) is 0 Å². The summed E-state index contributed by atoms with van der Waals surface area (Å²) in [7, 11) is 0. The van der Waals surface area contributed by atoms with Crippen LogP contribution in [0.15, 0.2) is 34.9 Å². The van der Waals surface area contributed by atoms with Gasteiger partial charge in [-0.25, -0.2) is 0 Å². The van der Waals surface area contributed by atoms with E-state index in [9.17, 15) is 0 Å². The Labute approximate surface area is 130 Å². The Hall–Kier alpha value is -0.780. The fraction of sp³-hybridized carbons (Fsp3) is 0.714. The van der Waals surface area contributed by atoms with Crippen LogP contribution in [-0.4, -0.2) is 0 Å². The number of fused-ring (bicyclic) bond motifs is 5. The maximum Gasteiger partial charge on any atom is 0.0136 e. The molecule has 21 heavy (non-hydrogen) atoms. The van der Waals surface area contributed by atoms with Gasteiger partial charge < -0.3 is 0 Å². The highest BCUT2D eigenvalue weighted by atomic mass is 14.6. The molecule has 0 aromatic rings. The molecule has 0 aromatic heterocycles. The lowest BCUT2D eigenvalue weighted by molar-refractivity contribution is 0.180. The van der Waals surface area contributed by atoms with Crippen molar-refractivity contribution in [1.29, 1.82) is 0 Å². The van der Waals surface area contributed by atoms with E-state index in [-0.39, 0.29) is 0 Å². The lowest BCUT2D eigenvalue weighted by Crippen LogP contribution is -2.38. The van der Waals surface area contributed by atoms with Crippen molar-refractivity contribution in [2.24, 2.45) is 28.6 Å². The van der Waals surface area contributed by atoms with Crippen LogP contribution in [0.25, 0.3) is 0 Å². The van der Waals surface area contributed by atoms with Crippen LogP contribution in [0.2, 0.25) is 0 Å². The fourth-order valence-electron chi connectivity index (χ4n) is 5.80. The molecule has 0 heteroatoms. The van der Waals surface area contributed by atoms with Gasteiger partial charge in [0.2, 0.25) is 0 Å². The summed E-state index contributed by atoms with van der Waals surface area (Å²) in [4.78, 5) is 0. The van der Waals surface area contributed by atoms with E-state index in [0.717, 1.165) is 17.8 Å². The van der Waals surface area contributed by atoms with Crippen molar-refractivity contribution in [3.63, 3.8) is 0 Å². The minimum absolute atomic E-state index is 0.365. The highest BCUT2D eigenvalue weighted by Crippen LogP contribution is 2.62. The van der Waals surface area contributed by atoms with E-state index in [1.54, 1.807) is 16.7 Å². The minimum atomic E-state index is 0.365. The van der Waals surface area contributed by atoms with Crippen LogP contribution in [0, 0.1) is 28.6 Å². The molecular weight excluding hydrogens is 252 g/mol. The summed E-state index contributed by atoms with van der Waals surface area (Å²) in [6, 6.07) is 0. The van der Waals surface area contributed by atoms with Crippen molar-refractivity contribution >= 4 is 0 Å². The average Bonchev–Trinajstić information content (AvgIpc) is 2.76. The normalized spacial score (nSPS) is 48.6. The summed E-state index contributed by atoms with van der Waals surface area (Å²) in [5, 5.41) is 0. The van der Waals surface area contributed by atoms with E-state index >= 15 is 0 Å². The molecule has 0 amide bonds. The van der Waals surface area contributed by atoms with Crippen LogP contribution < -0.4 is 0 Å². The van der Waals surface area contributed by atoms with E-state index in [0.29, 0.717) is 10.8 Å². The molecule has 2 saturated carbocycles. The van der Waals surface area contributed by atoms with E-state index in [1.165, 1.54) is 38.5 Å². The quantitative estimate of drug-likeness (QED) is 0.506.